The van der Waals surface area contributed by atoms with E-state index in [-0.39, 0.29) is 6.23 Å². The van der Waals surface area contributed by atoms with Crippen LogP contribution in [0.4, 0.5) is 0 Å². The average Bonchev–Trinajstić information content (AvgIpc) is 2.08. The lowest BCUT2D eigenvalue weighted by Crippen LogP contribution is -2.22. The summed E-state index contributed by atoms with van der Waals surface area (Å²) in [6.07, 6.45) is 2.39. The van der Waals surface area contributed by atoms with Crippen molar-refractivity contribution < 1.29 is 4.74 Å². The first-order chi connectivity index (χ1) is 6.24. The molecule has 0 fully saturated rings. The maximum absolute atomic E-state index is 5.54. The van der Waals surface area contributed by atoms with Crippen molar-refractivity contribution in [2.45, 2.75) is 19.6 Å². The molecule has 0 aliphatic heterocycles. The minimum absolute atomic E-state index is 0.272. The van der Waals surface area contributed by atoms with Gasteiger partial charge in [0, 0.05) is 0 Å². The fraction of sp³-hybridized carbons (Fsp3) is 0.273. The second-order valence-electron chi connectivity index (χ2n) is 2.92. The van der Waals surface area contributed by atoms with Gasteiger partial charge in [-0.25, -0.2) is 0 Å². The van der Waals surface area contributed by atoms with Gasteiger partial charge in [0.15, 0.2) is 0 Å². The van der Waals surface area contributed by atoms with Crippen LogP contribution in [0, 0.1) is 0 Å². The predicted octanol–water partition coefficient (Wildman–Crippen LogP) is 2.10. The van der Waals surface area contributed by atoms with Crippen molar-refractivity contribution in [2.24, 2.45) is 5.73 Å². The second kappa shape index (κ2) is 4.67. The fourth-order valence-electron chi connectivity index (χ4n) is 1.14. The Morgan fingerprint density at radius 3 is 2.85 bits per heavy atom. The Balaban J connectivity index is 2.83. The number of allylic oxidation sites excluding steroid dienone is 1. The highest BCUT2D eigenvalue weighted by molar-refractivity contribution is 5.34. The lowest BCUT2D eigenvalue weighted by Gasteiger charge is -2.12. The van der Waals surface area contributed by atoms with Crippen LogP contribution in [0.2, 0.25) is 0 Å². The summed E-state index contributed by atoms with van der Waals surface area (Å²) >= 11 is 0. The van der Waals surface area contributed by atoms with E-state index in [2.05, 4.69) is 6.58 Å². The summed E-state index contributed by atoms with van der Waals surface area (Å²) in [6, 6.07) is 7.85. The number of hydrogen-bond donors (Lipinski definition) is 1. The van der Waals surface area contributed by atoms with E-state index in [1.165, 1.54) is 0 Å². The number of rotatable bonds is 4. The summed E-state index contributed by atoms with van der Waals surface area (Å²) in [6.45, 7) is 5.50. The lowest BCUT2D eigenvalue weighted by atomic mass is 10.1. The normalized spacial score (nSPS) is 12.2. The van der Waals surface area contributed by atoms with Gasteiger partial charge in [-0.05, 0) is 25.0 Å². The molecule has 0 aliphatic rings. The molecule has 0 aliphatic carbocycles. The molecule has 0 bridgehead atoms. The summed E-state index contributed by atoms with van der Waals surface area (Å²) in [5.41, 5.74) is 6.66. The zero-order chi connectivity index (χ0) is 9.68. The number of nitrogens with two attached hydrogens (primary N) is 1. The Labute approximate surface area is 79.0 Å². The molecule has 2 N–H and O–H groups in total. The minimum Gasteiger partial charge on any atom is -0.476 e. The van der Waals surface area contributed by atoms with Crippen LogP contribution in [-0.4, -0.2) is 6.23 Å². The molecule has 0 spiro atoms. The molecule has 0 saturated heterocycles. The molecule has 1 unspecified atom stereocenters. The Morgan fingerprint density at radius 2 is 2.23 bits per heavy atom. The first-order valence-electron chi connectivity index (χ1n) is 4.35. The van der Waals surface area contributed by atoms with Gasteiger partial charge in [-0.1, -0.05) is 24.3 Å². The van der Waals surface area contributed by atoms with E-state index >= 15 is 0 Å². The van der Waals surface area contributed by atoms with Crippen LogP contribution in [0.25, 0.3) is 0 Å². The van der Waals surface area contributed by atoms with E-state index in [1.807, 2.05) is 37.3 Å². The lowest BCUT2D eigenvalue weighted by molar-refractivity contribution is 0.228. The summed E-state index contributed by atoms with van der Waals surface area (Å²) in [4.78, 5) is 0. The molecular weight excluding hydrogens is 162 g/mol. The van der Waals surface area contributed by atoms with E-state index in [9.17, 15) is 0 Å². The van der Waals surface area contributed by atoms with Gasteiger partial charge in [-0.3, -0.25) is 5.73 Å². The van der Waals surface area contributed by atoms with Gasteiger partial charge < -0.3 is 4.74 Å². The monoisotopic (exact) mass is 177 g/mol. The molecule has 0 saturated carbocycles. The standard InChI is InChI=1S/C11H15NO/c1-3-6-10-7-4-5-8-11(10)13-9(2)12/h3-5,7-9H,1,6,12H2,2H3. The Morgan fingerprint density at radius 1 is 1.54 bits per heavy atom. The van der Waals surface area contributed by atoms with Crippen LogP contribution in [0.5, 0.6) is 5.75 Å². The second-order valence-corrected chi connectivity index (χ2v) is 2.92. The maximum Gasteiger partial charge on any atom is 0.144 e. The van der Waals surface area contributed by atoms with Crippen molar-refractivity contribution in [1.82, 2.24) is 0 Å². The topological polar surface area (TPSA) is 35.2 Å². The zero-order valence-electron chi connectivity index (χ0n) is 7.86. The van der Waals surface area contributed by atoms with Crippen molar-refractivity contribution in [1.29, 1.82) is 0 Å². The zero-order valence-corrected chi connectivity index (χ0v) is 7.86. The molecule has 2 nitrogen and oxygen atoms in total. The molecule has 13 heavy (non-hydrogen) atoms. The quantitative estimate of drug-likeness (QED) is 0.564. The summed E-state index contributed by atoms with van der Waals surface area (Å²) < 4.78 is 5.43. The van der Waals surface area contributed by atoms with Gasteiger partial charge in [0.25, 0.3) is 0 Å². The highest BCUT2D eigenvalue weighted by Gasteiger charge is 2.02. The van der Waals surface area contributed by atoms with Gasteiger partial charge in [0.05, 0.1) is 0 Å². The van der Waals surface area contributed by atoms with Crippen molar-refractivity contribution in [3.63, 3.8) is 0 Å². The Kier molecular flexibility index (Phi) is 3.53. The molecule has 0 amide bonds. The van der Waals surface area contributed by atoms with Crippen molar-refractivity contribution in [2.75, 3.05) is 0 Å². The van der Waals surface area contributed by atoms with Gasteiger partial charge >= 0.3 is 0 Å². The van der Waals surface area contributed by atoms with E-state index < -0.39 is 0 Å². The maximum atomic E-state index is 5.54. The number of benzene rings is 1. The minimum atomic E-state index is -0.272. The molecule has 0 radical (unpaired) electrons. The molecule has 1 atom stereocenters. The first kappa shape index (κ1) is 9.81. The molecule has 0 aromatic heterocycles. The van der Waals surface area contributed by atoms with Crippen LogP contribution >= 0.6 is 0 Å². The van der Waals surface area contributed by atoms with Crippen LogP contribution in [-0.2, 0) is 6.42 Å². The van der Waals surface area contributed by atoms with E-state index in [4.69, 9.17) is 10.5 Å². The largest absolute Gasteiger partial charge is 0.476 e. The van der Waals surface area contributed by atoms with Crippen LogP contribution in [0.1, 0.15) is 12.5 Å². The van der Waals surface area contributed by atoms with Crippen molar-refractivity contribution >= 4 is 0 Å². The van der Waals surface area contributed by atoms with Gasteiger partial charge in [-0.15, -0.1) is 6.58 Å². The van der Waals surface area contributed by atoms with Gasteiger partial charge in [0.1, 0.15) is 12.0 Å². The Bertz CT molecular complexity index is 281. The third kappa shape index (κ3) is 2.92. The number of hydrogen-bond acceptors (Lipinski definition) is 2. The predicted molar refractivity (Wildman–Crippen MR) is 54.6 cm³/mol. The number of para-hydroxylation sites is 1. The van der Waals surface area contributed by atoms with E-state index in [0.29, 0.717) is 0 Å². The molecule has 1 aromatic rings. The van der Waals surface area contributed by atoms with Gasteiger partial charge in [0.2, 0.25) is 0 Å². The highest BCUT2D eigenvalue weighted by Crippen LogP contribution is 2.19. The van der Waals surface area contributed by atoms with Gasteiger partial charge in [-0.2, -0.15) is 0 Å². The Hall–Kier alpha value is -1.28. The average molecular weight is 177 g/mol. The summed E-state index contributed by atoms with van der Waals surface area (Å²) in [5.74, 6) is 0.845. The third-order valence-corrected chi connectivity index (χ3v) is 1.65. The van der Waals surface area contributed by atoms with Crippen molar-refractivity contribution in [3.05, 3.63) is 42.5 Å². The van der Waals surface area contributed by atoms with E-state index in [1.54, 1.807) is 0 Å². The summed E-state index contributed by atoms with van der Waals surface area (Å²) in [7, 11) is 0. The highest BCUT2D eigenvalue weighted by atomic mass is 16.5. The first-order valence-corrected chi connectivity index (χ1v) is 4.35. The molecular formula is C11H15NO. The van der Waals surface area contributed by atoms with Crippen LogP contribution in [0.3, 0.4) is 0 Å². The third-order valence-electron chi connectivity index (χ3n) is 1.65. The fourth-order valence-corrected chi connectivity index (χ4v) is 1.14. The summed E-state index contributed by atoms with van der Waals surface area (Å²) in [5, 5.41) is 0. The molecule has 1 aromatic carbocycles. The van der Waals surface area contributed by atoms with E-state index in [0.717, 1.165) is 17.7 Å². The SMILES string of the molecule is C=CCc1ccccc1OC(C)N. The molecule has 0 heterocycles. The molecule has 1 rings (SSSR count). The smallest absolute Gasteiger partial charge is 0.144 e. The molecule has 2 heteroatoms. The molecule has 70 valence electrons. The van der Waals surface area contributed by atoms with Crippen LogP contribution < -0.4 is 10.5 Å². The van der Waals surface area contributed by atoms with Crippen LogP contribution in [0.15, 0.2) is 36.9 Å². The van der Waals surface area contributed by atoms with Crippen molar-refractivity contribution in [3.8, 4) is 5.75 Å². The number of ether oxygens (including phenoxy) is 1.